The van der Waals surface area contributed by atoms with Crippen molar-refractivity contribution in [3.8, 4) is 6.57 Å². The third-order valence-electron chi connectivity index (χ3n) is 1.59. The number of amidine groups is 1. The molecule has 1 aliphatic rings. The van der Waals surface area contributed by atoms with Crippen LogP contribution < -0.4 is 4.67 Å². The molecule has 1 unspecified atom stereocenters. The molecule has 14 heavy (non-hydrogen) atoms. The highest BCUT2D eigenvalue weighted by Crippen LogP contribution is 2.10. The molecular weight excluding hydrogens is 188 g/mol. The van der Waals surface area contributed by atoms with Gasteiger partial charge in [-0.3, -0.25) is 0 Å². The average Bonchev–Trinajstić information content (AvgIpc) is 2.54. The van der Waals surface area contributed by atoms with Crippen LogP contribution in [-0.2, 0) is 19.1 Å². The number of esters is 2. The Bertz CT molecular complexity index is 362. The summed E-state index contributed by atoms with van der Waals surface area (Å²) in [5.74, 6) is -1.82. The zero-order valence-corrected chi connectivity index (χ0v) is 7.30. The molecule has 6 heteroatoms. The molecule has 0 aromatic heterocycles. The molecule has 72 valence electrons. The van der Waals surface area contributed by atoms with E-state index < -0.39 is 18.0 Å². The molecule has 6 nitrogen and oxygen atoms in total. The third kappa shape index (κ3) is 1.97. The molecule has 0 aromatic rings. The maximum atomic E-state index is 11.1. The van der Waals surface area contributed by atoms with E-state index in [1.807, 2.05) is 0 Å². The Labute approximate surface area is 79.7 Å². The number of carbonyl (C=O) groups is 2. The van der Waals surface area contributed by atoms with Crippen LogP contribution >= 0.6 is 0 Å². The minimum absolute atomic E-state index is 0.243. The Morgan fingerprint density at radius 3 is 2.86 bits per heavy atom. The first-order valence-electron chi connectivity index (χ1n) is 3.81. The molecule has 0 radical (unpaired) electrons. The largest absolute Gasteiger partial charge is 0.763 e. The first kappa shape index (κ1) is 9.96. The lowest BCUT2D eigenvalue weighted by Gasteiger charge is -2.00. The second-order valence-electron chi connectivity index (χ2n) is 2.46. The third-order valence-corrected chi connectivity index (χ3v) is 1.59. The van der Waals surface area contributed by atoms with Crippen molar-refractivity contribution in [2.45, 2.75) is 12.5 Å². The minimum atomic E-state index is -0.888. The van der Waals surface area contributed by atoms with E-state index in [4.69, 9.17) is 11.3 Å². The van der Waals surface area contributed by atoms with Crippen molar-refractivity contribution in [1.29, 1.82) is 0 Å². The van der Waals surface area contributed by atoms with Crippen molar-refractivity contribution >= 4 is 24.5 Å². The van der Waals surface area contributed by atoms with Gasteiger partial charge >= 0.3 is 17.8 Å². The Balaban J connectivity index is 2.62. The van der Waals surface area contributed by atoms with Gasteiger partial charge < -0.3 is 9.47 Å². The van der Waals surface area contributed by atoms with E-state index in [0.29, 0.717) is 6.42 Å². The van der Waals surface area contributed by atoms with Crippen LogP contribution in [0.15, 0.2) is 0 Å². The summed E-state index contributed by atoms with van der Waals surface area (Å²) in [5, 5.41) is 0. The number of ether oxygens (including phenoxy) is 2. The maximum absolute atomic E-state index is 11.1. The van der Waals surface area contributed by atoms with Crippen molar-refractivity contribution in [1.82, 2.24) is 4.67 Å². The lowest BCUT2D eigenvalue weighted by molar-refractivity contribution is -0.155. The van der Waals surface area contributed by atoms with Gasteiger partial charge in [-0.05, 0) is 4.67 Å². The number of hydrogen-bond acceptors (Lipinski definition) is 4. The van der Waals surface area contributed by atoms with Crippen LogP contribution in [-0.4, -0.2) is 37.2 Å². The first-order chi connectivity index (χ1) is 6.69. The quantitative estimate of drug-likeness (QED) is 0.233. The standard InChI is InChI=1S/C8H8N2O4/c1-9-6(10-2)8(12)14-5-3-4-13-7(5)11/h1,5H,2-4H2/q+2. The highest BCUT2D eigenvalue weighted by atomic mass is 16.6. The maximum Gasteiger partial charge on any atom is 0.763 e. The Morgan fingerprint density at radius 2 is 2.43 bits per heavy atom. The molecular formula is C8H8N2O4+2. The topological polar surface area (TPSA) is 71.1 Å². The fourth-order valence-corrected chi connectivity index (χ4v) is 0.924. The molecule has 0 N–H and O–H groups in total. The summed E-state index contributed by atoms with van der Waals surface area (Å²) in [4.78, 5) is 25.1. The van der Waals surface area contributed by atoms with E-state index in [2.05, 4.69) is 21.0 Å². The van der Waals surface area contributed by atoms with Gasteiger partial charge in [0.25, 0.3) is 13.3 Å². The normalized spacial score (nSPS) is 19.1. The van der Waals surface area contributed by atoms with Gasteiger partial charge in [0.15, 0.2) is 0 Å². The minimum Gasteiger partial charge on any atom is -0.463 e. The van der Waals surface area contributed by atoms with Crippen molar-refractivity contribution in [2.75, 3.05) is 6.61 Å². The van der Waals surface area contributed by atoms with Gasteiger partial charge in [0.1, 0.15) is 0 Å². The summed E-state index contributed by atoms with van der Waals surface area (Å²) in [6.45, 7) is 8.14. The van der Waals surface area contributed by atoms with Crippen LogP contribution in [0.4, 0.5) is 0 Å². The van der Waals surface area contributed by atoms with Crippen molar-refractivity contribution in [3.05, 3.63) is 4.85 Å². The van der Waals surface area contributed by atoms with Gasteiger partial charge in [-0.25, -0.2) is 9.59 Å². The second-order valence-corrected chi connectivity index (χ2v) is 2.46. The molecule has 0 aliphatic carbocycles. The molecule has 1 fully saturated rings. The highest BCUT2D eigenvalue weighted by Gasteiger charge is 2.40. The predicted molar refractivity (Wildman–Crippen MR) is 48.0 cm³/mol. The Hall–Kier alpha value is -2.12. The average molecular weight is 196 g/mol. The number of nitrogens with zero attached hydrogens (tertiary/aromatic N) is 2. The molecule has 1 rings (SSSR count). The fourth-order valence-electron chi connectivity index (χ4n) is 0.924. The summed E-state index contributed by atoms with van der Waals surface area (Å²) in [7, 11) is 0. The first-order valence-corrected chi connectivity index (χ1v) is 3.81. The molecule has 0 aromatic carbocycles. The van der Waals surface area contributed by atoms with E-state index in [0.717, 1.165) is 0 Å². The van der Waals surface area contributed by atoms with Crippen LogP contribution in [0.2, 0.25) is 0 Å². The number of rotatable bonds is 1. The Morgan fingerprint density at radius 1 is 1.71 bits per heavy atom. The number of hydrogen-bond donors (Lipinski definition) is 0. The number of carbonyl (C=O) groups excluding carboxylic acids is 2. The second kappa shape index (κ2) is 4.21. The van der Waals surface area contributed by atoms with Crippen LogP contribution in [0.5, 0.6) is 0 Å². The van der Waals surface area contributed by atoms with Gasteiger partial charge in [0.2, 0.25) is 6.10 Å². The van der Waals surface area contributed by atoms with Gasteiger partial charge in [0.05, 0.1) is 11.5 Å². The lowest BCUT2D eigenvalue weighted by Crippen LogP contribution is -2.27. The smallest absolute Gasteiger partial charge is 0.463 e. The molecule has 0 saturated carbocycles. The monoisotopic (exact) mass is 196 g/mol. The van der Waals surface area contributed by atoms with Crippen molar-refractivity contribution in [3.63, 3.8) is 0 Å². The molecule has 0 bridgehead atoms. The molecule has 1 atom stereocenters. The van der Waals surface area contributed by atoms with Crippen molar-refractivity contribution < 1.29 is 19.1 Å². The SMILES string of the molecule is C#[N+]C(=[N+]=C)C(=O)OC1CCOC1=O. The number of cyclic esters (lactones) is 1. The van der Waals surface area contributed by atoms with Crippen molar-refractivity contribution in [2.24, 2.45) is 0 Å². The van der Waals surface area contributed by atoms with Gasteiger partial charge in [-0.2, -0.15) is 0 Å². The van der Waals surface area contributed by atoms with Crippen LogP contribution in [0.1, 0.15) is 6.42 Å². The van der Waals surface area contributed by atoms with Crippen LogP contribution in [0.25, 0.3) is 4.85 Å². The van der Waals surface area contributed by atoms with E-state index >= 15 is 0 Å². The molecule has 0 amide bonds. The summed E-state index contributed by atoms with van der Waals surface area (Å²) in [5.41, 5.74) is 0. The van der Waals surface area contributed by atoms with Crippen LogP contribution in [0.3, 0.4) is 0 Å². The fraction of sp³-hybridized carbons (Fsp3) is 0.375. The molecule has 1 saturated heterocycles. The molecule has 1 heterocycles. The summed E-state index contributed by atoms with van der Waals surface area (Å²) in [6.07, 6.45) is -0.555. The summed E-state index contributed by atoms with van der Waals surface area (Å²) < 4.78 is 12.5. The summed E-state index contributed by atoms with van der Waals surface area (Å²) in [6, 6.07) is 0. The predicted octanol–water partition coefficient (Wildman–Crippen LogP) is -1.03. The van der Waals surface area contributed by atoms with E-state index in [1.165, 1.54) is 0 Å². The summed E-state index contributed by atoms with van der Waals surface area (Å²) >= 11 is 0. The zero-order chi connectivity index (χ0) is 10.6. The Kier molecular flexibility index (Phi) is 3.00. The van der Waals surface area contributed by atoms with Crippen LogP contribution in [0, 0.1) is 6.57 Å². The van der Waals surface area contributed by atoms with E-state index in [9.17, 15) is 9.59 Å². The highest BCUT2D eigenvalue weighted by molar-refractivity contribution is 6.39. The van der Waals surface area contributed by atoms with Gasteiger partial charge in [-0.1, -0.05) is 0 Å². The lowest BCUT2D eigenvalue weighted by atomic mass is 10.3. The van der Waals surface area contributed by atoms with E-state index in [1.54, 1.807) is 0 Å². The molecule has 1 aliphatic heterocycles. The van der Waals surface area contributed by atoms with Gasteiger partial charge in [0, 0.05) is 6.42 Å². The zero-order valence-electron chi connectivity index (χ0n) is 7.30. The molecule has 0 spiro atoms. The van der Waals surface area contributed by atoms with E-state index in [-0.39, 0.29) is 12.4 Å². The van der Waals surface area contributed by atoms with Gasteiger partial charge in [-0.15, -0.1) is 0 Å².